The number of alkyl halides is 3. The summed E-state index contributed by atoms with van der Waals surface area (Å²) in [6.45, 7) is 0. The molecule has 0 unspecified atom stereocenters. The minimum atomic E-state index is -4.85. The van der Waals surface area contributed by atoms with Gasteiger partial charge >= 0.3 is 12.4 Å². The highest BCUT2D eigenvalue weighted by Crippen LogP contribution is 2.36. The molecule has 0 aliphatic heterocycles. The predicted octanol–water partition coefficient (Wildman–Crippen LogP) is 6.36. The summed E-state index contributed by atoms with van der Waals surface area (Å²) >= 11 is 6.08. The maximum absolute atomic E-state index is 13.2. The van der Waals surface area contributed by atoms with Crippen LogP contribution >= 0.6 is 11.6 Å². The van der Waals surface area contributed by atoms with Crippen LogP contribution in [0.2, 0.25) is 5.02 Å². The van der Waals surface area contributed by atoms with E-state index in [1.54, 1.807) is 18.2 Å². The van der Waals surface area contributed by atoms with Gasteiger partial charge in [-0.1, -0.05) is 66.9 Å². The fourth-order valence-electron chi connectivity index (χ4n) is 4.50. The molecule has 35 heavy (non-hydrogen) atoms. The van der Waals surface area contributed by atoms with E-state index in [0.29, 0.717) is 16.3 Å². The molecule has 5 nitrogen and oxygen atoms in total. The average molecular weight is 504 g/mol. The number of hydrogen-bond donors (Lipinski definition) is 2. The number of urea groups is 1. The molecule has 0 bridgehead atoms. The van der Waals surface area contributed by atoms with Crippen LogP contribution in [0.15, 0.2) is 72.9 Å². The van der Waals surface area contributed by atoms with Crippen molar-refractivity contribution in [2.45, 2.75) is 50.0 Å². The van der Waals surface area contributed by atoms with Crippen LogP contribution in [-0.4, -0.2) is 23.4 Å². The van der Waals surface area contributed by atoms with Crippen LogP contribution in [0.5, 0.6) is 5.75 Å². The van der Waals surface area contributed by atoms with Gasteiger partial charge in [0.25, 0.3) is 0 Å². The van der Waals surface area contributed by atoms with E-state index in [1.807, 2.05) is 30.3 Å². The molecular formula is C26H25ClF3N3O2. The van der Waals surface area contributed by atoms with Gasteiger partial charge in [0.2, 0.25) is 0 Å². The molecule has 4 rings (SSSR count). The van der Waals surface area contributed by atoms with E-state index in [0.717, 1.165) is 31.2 Å². The first kappa shape index (κ1) is 24.9. The number of amides is 2. The lowest BCUT2D eigenvalue weighted by Gasteiger charge is -2.36. The molecule has 184 valence electrons. The molecule has 1 fully saturated rings. The van der Waals surface area contributed by atoms with Crippen LogP contribution in [0, 0.1) is 0 Å². The van der Waals surface area contributed by atoms with Gasteiger partial charge in [-0.15, -0.1) is 13.2 Å². The predicted molar refractivity (Wildman–Crippen MR) is 127 cm³/mol. The standard InChI is InChI=1S/C26H25ClF3N3O2/c27-20-13-14-23(31-17-20)25(16-18-7-2-1-3-8-18,33-24(34)32-21-10-4-5-11-21)19-9-6-12-22(15-19)35-26(28,29)30/h1-3,6-9,12-15,17,21H,4-5,10-11,16H2,(H2,32,33,34)/t25-/m0/s1. The molecule has 1 aliphatic rings. The molecule has 1 atom stereocenters. The van der Waals surface area contributed by atoms with Crippen molar-refractivity contribution in [2.75, 3.05) is 0 Å². The van der Waals surface area contributed by atoms with E-state index >= 15 is 0 Å². The molecular weight excluding hydrogens is 479 g/mol. The van der Waals surface area contributed by atoms with Gasteiger partial charge in [-0.3, -0.25) is 4.98 Å². The number of ether oxygens (including phenoxy) is 1. The summed E-state index contributed by atoms with van der Waals surface area (Å²) in [4.78, 5) is 17.7. The highest BCUT2D eigenvalue weighted by molar-refractivity contribution is 6.30. The second-order valence-electron chi connectivity index (χ2n) is 8.58. The molecule has 2 aromatic carbocycles. The number of rotatable bonds is 7. The normalized spacial score (nSPS) is 15.9. The SMILES string of the molecule is O=C(NC1CCCC1)N[C@@](Cc1ccccc1)(c1cccc(OC(F)(F)F)c1)c1ccc(Cl)cn1. The molecule has 2 amide bonds. The Labute approximate surface area is 206 Å². The summed E-state index contributed by atoms with van der Waals surface area (Å²) in [5, 5.41) is 6.46. The highest BCUT2D eigenvalue weighted by atomic mass is 35.5. The Morgan fingerprint density at radius 2 is 1.77 bits per heavy atom. The molecule has 0 spiro atoms. The number of halogens is 4. The molecule has 0 radical (unpaired) electrons. The third-order valence-corrected chi connectivity index (χ3v) is 6.28. The van der Waals surface area contributed by atoms with Crippen molar-refractivity contribution in [1.29, 1.82) is 0 Å². The monoisotopic (exact) mass is 503 g/mol. The maximum Gasteiger partial charge on any atom is 0.573 e. The van der Waals surface area contributed by atoms with Gasteiger partial charge in [-0.05, 0) is 48.2 Å². The zero-order valence-electron chi connectivity index (χ0n) is 18.8. The van der Waals surface area contributed by atoms with Gasteiger partial charge in [0.05, 0.1) is 10.7 Å². The van der Waals surface area contributed by atoms with E-state index < -0.39 is 17.9 Å². The van der Waals surface area contributed by atoms with Crippen LogP contribution in [-0.2, 0) is 12.0 Å². The van der Waals surface area contributed by atoms with E-state index in [4.69, 9.17) is 11.6 Å². The first-order valence-electron chi connectivity index (χ1n) is 11.3. The molecule has 9 heteroatoms. The van der Waals surface area contributed by atoms with Crippen molar-refractivity contribution >= 4 is 17.6 Å². The number of hydrogen-bond acceptors (Lipinski definition) is 3. The second-order valence-corrected chi connectivity index (χ2v) is 9.02. The van der Waals surface area contributed by atoms with E-state index in [1.165, 1.54) is 24.4 Å². The Hall–Kier alpha value is -3.26. The number of nitrogens with zero attached hydrogens (tertiary/aromatic N) is 1. The first-order chi connectivity index (χ1) is 16.7. The average Bonchev–Trinajstić information content (AvgIpc) is 3.32. The summed E-state index contributed by atoms with van der Waals surface area (Å²) < 4.78 is 43.2. The number of carbonyl (C=O) groups excluding carboxylic acids is 1. The van der Waals surface area contributed by atoms with E-state index in [9.17, 15) is 18.0 Å². The van der Waals surface area contributed by atoms with Gasteiger partial charge in [-0.25, -0.2) is 4.79 Å². The molecule has 2 N–H and O–H groups in total. The Morgan fingerprint density at radius 3 is 2.43 bits per heavy atom. The number of pyridine rings is 1. The van der Waals surface area contributed by atoms with Crippen LogP contribution in [0.25, 0.3) is 0 Å². The van der Waals surface area contributed by atoms with Crippen LogP contribution in [0.4, 0.5) is 18.0 Å². The lowest BCUT2D eigenvalue weighted by atomic mass is 9.80. The molecule has 1 saturated carbocycles. The van der Waals surface area contributed by atoms with E-state index in [2.05, 4.69) is 20.4 Å². The molecule has 1 aromatic heterocycles. The van der Waals surface area contributed by atoms with Gasteiger partial charge in [-0.2, -0.15) is 0 Å². The fourth-order valence-corrected chi connectivity index (χ4v) is 4.61. The summed E-state index contributed by atoms with van der Waals surface area (Å²) in [7, 11) is 0. The topological polar surface area (TPSA) is 63.2 Å². The third kappa shape index (κ3) is 6.45. The number of carbonyl (C=O) groups is 1. The maximum atomic E-state index is 13.2. The van der Waals surface area contributed by atoms with Gasteiger partial charge < -0.3 is 15.4 Å². The van der Waals surface area contributed by atoms with Crippen LogP contribution in [0.3, 0.4) is 0 Å². The van der Waals surface area contributed by atoms with E-state index in [-0.39, 0.29) is 18.2 Å². The van der Waals surface area contributed by atoms with Crippen LogP contribution < -0.4 is 15.4 Å². The second kappa shape index (κ2) is 10.6. The summed E-state index contributed by atoms with van der Waals surface area (Å²) in [5.41, 5.74) is 0.364. The highest BCUT2D eigenvalue weighted by Gasteiger charge is 2.39. The number of benzene rings is 2. The lowest BCUT2D eigenvalue weighted by Crippen LogP contribution is -2.54. The van der Waals surface area contributed by atoms with Crippen molar-refractivity contribution < 1.29 is 22.7 Å². The molecule has 1 aliphatic carbocycles. The largest absolute Gasteiger partial charge is 0.573 e. The quantitative estimate of drug-likeness (QED) is 0.394. The van der Waals surface area contributed by atoms with Gasteiger partial charge in [0, 0.05) is 18.7 Å². The zero-order chi connectivity index (χ0) is 24.9. The van der Waals surface area contributed by atoms with Crippen molar-refractivity contribution in [3.05, 3.63) is 94.8 Å². The third-order valence-electron chi connectivity index (χ3n) is 6.05. The van der Waals surface area contributed by atoms with Gasteiger partial charge in [0.15, 0.2) is 0 Å². The Bertz CT molecular complexity index is 1140. The Morgan fingerprint density at radius 1 is 1.03 bits per heavy atom. The molecule has 3 aromatic rings. The van der Waals surface area contributed by atoms with Gasteiger partial charge in [0.1, 0.15) is 11.3 Å². The number of aromatic nitrogens is 1. The molecule has 0 saturated heterocycles. The summed E-state index contributed by atoms with van der Waals surface area (Å²) in [6.07, 6.45) is 0.664. The summed E-state index contributed by atoms with van der Waals surface area (Å²) in [6, 6.07) is 17.9. The Kier molecular flexibility index (Phi) is 7.50. The zero-order valence-corrected chi connectivity index (χ0v) is 19.6. The summed E-state index contributed by atoms with van der Waals surface area (Å²) in [5.74, 6) is -0.389. The Balaban J connectivity index is 1.82. The van der Waals surface area contributed by atoms with Crippen molar-refractivity contribution in [3.63, 3.8) is 0 Å². The smallest absolute Gasteiger partial charge is 0.406 e. The fraction of sp³-hybridized carbons (Fsp3) is 0.308. The van der Waals surface area contributed by atoms with Crippen LogP contribution in [0.1, 0.15) is 42.5 Å². The number of nitrogens with one attached hydrogen (secondary N) is 2. The minimum absolute atomic E-state index is 0.0440. The lowest BCUT2D eigenvalue weighted by molar-refractivity contribution is -0.274. The van der Waals surface area contributed by atoms with Crippen molar-refractivity contribution in [1.82, 2.24) is 15.6 Å². The molecule has 1 heterocycles. The van der Waals surface area contributed by atoms with Crippen molar-refractivity contribution in [3.8, 4) is 5.75 Å². The minimum Gasteiger partial charge on any atom is -0.406 e. The first-order valence-corrected chi connectivity index (χ1v) is 11.7. The van der Waals surface area contributed by atoms with Crippen molar-refractivity contribution in [2.24, 2.45) is 0 Å².